The molecule has 2 N–H and O–H groups in total. The molecule has 2 atom stereocenters. The highest BCUT2D eigenvalue weighted by Gasteiger charge is 2.46. The van der Waals surface area contributed by atoms with E-state index >= 15 is 0 Å². The monoisotopic (exact) mass is 476 g/mol. The first-order valence-corrected chi connectivity index (χ1v) is 11.6. The first-order chi connectivity index (χ1) is 17.0. The normalized spacial score (nSPS) is 17.1. The molecular formula is C27H28N2O6. The quantitative estimate of drug-likeness (QED) is 0.286. The van der Waals surface area contributed by atoms with Crippen LogP contribution in [-0.2, 0) is 19.1 Å². The highest BCUT2D eigenvalue weighted by Crippen LogP contribution is 2.34. The average Bonchev–Trinajstić information content (AvgIpc) is 3.28. The van der Waals surface area contributed by atoms with Crippen molar-refractivity contribution in [1.82, 2.24) is 10.3 Å². The predicted molar refractivity (Wildman–Crippen MR) is 130 cm³/mol. The predicted octanol–water partition coefficient (Wildman–Crippen LogP) is 4.09. The Morgan fingerprint density at radius 1 is 1.06 bits per heavy atom. The van der Waals surface area contributed by atoms with Gasteiger partial charge in [-0.15, -0.1) is 0 Å². The number of ether oxygens (including phenoxy) is 3. The van der Waals surface area contributed by atoms with Crippen LogP contribution in [0.4, 0.5) is 0 Å². The Balaban J connectivity index is 1.73. The summed E-state index contributed by atoms with van der Waals surface area (Å²) in [5.41, 5.74) is 2.49. The molecule has 0 saturated carbocycles. The van der Waals surface area contributed by atoms with Gasteiger partial charge in [0.25, 0.3) is 0 Å². The zero-order valence-electron chi connectivity index (χ0n) is 19.9. The summed E-state index contributed by atoms with van der Waals surface area (Å²) in [5.74, 6) is -3.11. The lowest BCUT2D eigenvalue weighted by molar-refractivity contribution is -0.165. The van der Waals surface area contributed by atoms with Crippen LogP contribution in [0.1, 0.15) is 42.7 Å². The van der Waals surface area contributed by atoms with Crippen LogP contribution in [0.2, 0.25) is 0 Å². The third kappa shape index (κ3) is 4.77. The number of fused-ring (bicyclic) bond motifs is 2. The summed E-state index contributed by atoms with van der Waals surface area (Å²) >= 11 is 0. The second kappa shape index (κ2) is 10.5. The van der Waals surface area contributed by atoms with Gasteiger partial charge in [0.2, 0.25) is 0 Å². The Labute approximate surface area is 203 Å². The van der Waals surface area contributed by atoms with Crippen molar-refractivity contribution in [3.05, 3.63) is 77.6 Å². The van der Waals surface area contributed by atoms with Crippen molar-refractivity contribution in [3.63, 3.8) is 0 Å². The van der Waals surface area contributed by atoms with Crippen LogP contribution in [0.25, 0.3) is 10.9 Å². The molecule has 8 heteroatoms. The standard InChI is InChI=1S/C27H28N2O6/c1-4-33-26(31)23(27(32)34-5-2)25-20(24(30)18-11-7-9-13-22(18)35-25)15-28-16(3)19-14-29-21-12-8-6-10-17(19)21/h6-16,23,25,28-29H,4-5H2,1-3H3/b20-15+. The summed E-state index contributed by atoms with van der Waals surface area (Å²) in [6.07, 6.45) is 2.23. The molecule has 2 heterocycles. The van der Waals surface area contributed by atoms with Gasteiger partial charge in [0.1, 0.15) is 5.75 Å². The third-order valence-electron chi connectivity index (χ3n) is 5.91. The van der Waals surface area contributed by atoms with Gasteiger partial charge in [-0.3, -0.25) is 14.4 Å². The van der Waals surface area contributed by atoms with Crippen molar-refractivity contribution in [2.24, 2.45) is 5.92 Å². The summed E-state index contributed by atoms with van der Waals surface area (Å²) in [5, 5.41) is 4.30. The maximum atomic E-state index is 13.5. The van der Waals surface area contributed by atoms with E-state index < -0.39 is 24.0 Å². The molecule has 1 aliphatic rings. The van der Waals surface area contributed by atoms with E-state index in [0.717, 1.165) is 16.5 Å². The molecule has 0 spiro atoms. The second-order valence-corrected chi connectivity index (χ2v) is 8.12. The topological polar surface area (TPSA) is 107 Å². The summed E-state index contributed by atoms with van der Waals surface area (Å²) in [4.78, 5) is 42.4. The molecule has 3 aromatic rings. The number of carbonyl (C=O) groups excluding carboxylic acids is 3. The van der Waals surface area contributed by atoms with Crippen LogP contribution < -0.4 is 10.1 Å². The largest absolute Gasteiger partial charge is 0.483 e. The Hall–Kier alpha value is -4.07. The number of benzene rings is 2. The van der Waals surface area contributed by atoms with Crippen molar-refractivity contribution in [2.75, 3.05) is 13.2 Å². The highest BCUT2D eigenvalue weighted by atomic mass is 16.6. The molecule has 182 valence electrons. The number of rotatable bonds is 8. The molecule has 2 unspecified atom stereocenters. The summed E-state index contributed by atoms with van der Waals surface area (Å²) in [6, 6.07) is 14.4. The number of para-hydroxylation sites is 2. The molecule has 1 aliphatic heterocycles. The van der Waals surface area contributed by atoms with Gasteiger partial charge in [-0.05, 0) is 44.5 Å². The molecule has 2 aromatic carbocycles. The number of nitrogens with one attached hydrogen (secondary N) is 2. The fraction of sp³-hybridized carbons (Fsp3) is 0.296. The second-order valence-electron chi connectivity index (χ2n) is 8.12. The van der Waals surface area contributed by atoms with Gasteiger partial charge in [-0.25, -0.2) is 0 Å². The van der Waals surface area contributed by atoms with Gasteiger partial charge >= 0.3 is 11.9 Å². The van der Waals surface area contributed by atoms with Gasteiger partial charge in [0.15, 0.2) is 17.8 Å². The molecular weight excluding hydrogens is 448 g/mol. The number of esters is 2. The van der Waals surface area contributed by atoms with E-state index in [1.165, 1.54) is 6.20 Å². The van der Waals surface area contributed by atoms with E-state index in [9.17, 15) is 14.4 Å². The highest BCUT2D eigenvalue weighted by molar-refractivity contribution is 6.13. The van der Waals surface area contributed by atoms with Crippen molar-refractivity contribution in [3.8, 4) is 5.75 Å². The van der Waals surface area contributed by atoms with Gasteiger partial charge in [-0.1, -0.05) is 30.3 Å². The maximum Gasteiger partial charge on any atom is 0.324 e. The SMILES string of the molecule is CCOC(=O)C(C(=O)OCC)C1Oc2ccccc2C(=O)/C1=C\NC(C)c1c[nH]c2ccccc12. The summed E-state index contributed by atoms with van der Waals surface area (Å²) in [6.45, 7) is 5.38. The molecule has 0 saturated heterocycles. The number of aromatic amines is 1. The smallest absolute Gasteiger partial charge is 0.324 e. The minimum atomic E-state index is -1.45. The Morgan fingerprint density at radius 2 is 1.71 bits per heavy atom. The number of aromatic nitrogens is 1. The minimum absolute atomic E-state index is 0.0703. The molecule has 0 bridgehead atoms. The van der Waals surface area contributed by atoms with Crippen molar-refractivity contribution < 1.29 is 28.6 Å². The van der Waals surface area contributed by atoms with Crippen LogP contribution in [0.3, 0.4) is 0 Å². The van der Waals surface area contributed by atoms with E-state index in [0.29, 0.717) is 11.3 Å². The molecule has 4 rings (SSSR count). The van der Waals surface area contributed by atoms with Crippen LogP contribution in [0.5, 0.6) is 5.75 Å². The average molecular weight is 477 g/mol. The van der Waals surface area contributed by atoms with Crippen LogP contribution >= 0.6 is 0 Å². The van der Waals surface area contributed by atoms with Gasteiger partial charge in [0, 0.05) is 23.3 Å². The van der Waals surface area contributed by atoms with Crippen molar-refractivity contribution >= 4 is 28.6 Å². The van der Waals surface area contributed by atoms with E-state index in [1.807, 2.05) is 37.4 Å². The zero-order valence-corrected chi connectivity index (χ0v) is 19.9. The number of carbonyl (C=O) groups is 3. The Bertz CT molecular complexity index is 1260. The number of H-pyrrole nitrogens is 1. The summed E-state index contributed by atoms with van der Waals surface area (Å²) < 4.78 is 16.4. The van der Waals surface area contributed by atoms with E-state index in [2.05, 4.69) is 10.3 Å². The third-order valence-corrected chi connectivity index (χ3v) is 5.91. The number of hydrogen-bond acceptors (Lipinski definition) is 7. The molecule has 0 amide bonds. The van der Waals surface area contributed by atoms with E-state index in [-0.39, 0.29) is 30.6 Å². The number of Topliss-reactive ketones (excluding diaryl/α,β-unsaturated/α-hetero) is 1. The molecule has 8 nitrogen and oxygen atoms in total. The first kappa shape index (κ1) is 24.1. The van der Waals surface area contributed by atoms with E-state index in [4.69, 9.17) is 14.2 Å². The van der Waals surface area contributed by atoms with Gasteiger partial charge in [-0.2, -0.15) is 0 Å². The van der Waals surface area contributed by atoms with Gasteiger partial charge in [0.05, 0.1) is 30.4 Å². The Kier molecular flexibility index (Phi) is 7.19. The van der Waals surface area contributed by atoms with Crippen molar-refractivity contribution in [2.45, 2.75) is 32.9 Å². The lowest BCUT2D eigenvalue weighted by Gasteiger charge is -2.31. The molecule has 1 aromatic heterocycles. The van der Waals surface area contributed by atoms with E-state index in [1.54, 1.807) is 38.1 Å². The zero-order chi connectivity index (χ0) is 24.9. The Morgan fingerprint density at radius 3 is 2.43 bits per heavy atom. The molecule has 35 heavy (non-hydrogen) atoms. The van der Waals surface area contributed by atoms with Crippen molar-refractivity contribution in [1.29, 1.82) is 0 Å². The van der Waals surface area contributed by atoms with Crippen LogP contribution in [-0.4, -0.2) is 42.0 Å². The number of hydrogen-bond donors (Lipinski definition) is 2. The minimum Gasteiger partial charge on any atom is -0.483 e. The maximum absolute atomic E-state index is 13.5. The fourth-order valence-electron chi connectivity index (χ4n) is 4.20. The molecule has 0 radical (unpaired) electrons. The lowest BCUT2D eigenvalue weighted by Crippen LogP contribution is -2.46. The lowest BCUT2D eigenvalue weighted by atomic mass is 9.87. The molecule has 0 fully saturated rings. The fourth-order valence-corrected chi connectivity index (χ4v) is 4.20. The molecule has 0 aliphatic carbocycles. The first-order valence-electron chi connectivity index (χ1n) is 11.6. The number of ketones is 1. The van der Waals surface area contributed by atoms with Crippen LogP contribution in [0, 0.1) is 5.92 Å². The summed E-state index contributed by atoms with van der Waals surface area (Å²) in [7, 11) is 0. The van der Waals surface area contributed by atoms with Gasteiger partial charge < -0.3 is 24.5 Å². The van der Waals surface area contributed by atoms with Crippen LogP contribution in [0.15, 0.2) is 66.5 Å².